The molecule has 8 rings (SSSR count). The van der Waals surface area contributed by atoms with Crippen LogP contribution >= 0.6 is 0 Å². The Morgan fingerprint density at radius 2 is 1.79 bits per heavy atom. The highest BCUT2D eigenvalue weighted by atomic mass is 32.2. The monoisotopic (exact) mass is 870 g/mol. The molecule has 1 spiro atoms. The molecule has 332 valence electrons. The number of ether oxygens (including phenoxy) is 2. The van der Waals surface area contributed by atoms with E-state index in [0.717, 1.165) is 44.3 Å². The molecule has 6 aliphatic rings. The molecule has 1 N–H and O–H groups in total. The Morgan fingerprint density at radius 1 is 1.03 bits per heavy atom. The molecule has 2 saturated carbocycles. The van der Waals surface area contributed by atoms with Crippen molar-refractivity contribution in [2.45, 2.75) is 139 Å². The summed E-state index contributed by atoms with van der Waals surface area (Å²) >= 11 is 0. The fourth-order valence-corrected chi connectivity index (χ4v) is 11.4. The van der Waals surface area contributed by atoms with Gasteiger partial charge in [0.15, 0.2) is 17.2 Å². The molecule has 61 heavy (non-hydrogen) atoms. The molecule has 1 aromatic carbocycles. The van der Waals surface area contributed by atoms with Gasteiger partial charge in [0.25, 0.3) is 0 Å². The number of aryl methyl sites for hydroxylation is 2. The average Bonchev–Trinajstić information content (AvgIpc) is 4.10. The van der Waals surface area contributed by atoms with Crippen LogP contribution in [0.1, 0.15) is 120 Å². The Labute approximate surface area is 355 Å². The Balaban J connectivity index is 1.12. The van der Waals surface area contributed by atoms with Crippen molar-refractivity contribution in [3.63, 3.8) is 0 Å². The number of sulfonamides is 1. The van der Waals surface area contributed by atoms with E-state index in [4.69, 9.17) is 9.47 Å². The molecular weight excluding hydrogens is 814 g/mol. The first-order valence-electron chi connectivity index (χ1n) is 22.1. The van der Waals surface area contributed by atoms with Gasteiger partial charge in [-0.25, -0.2) is 13.4 Å². The van der Waals surface area contributed by atoms with E-state index < -0.39 is 84.9 Å². The van der Waals surface area contributed by atoms with Crippen molar-refractivity contribution in [1.29, 1.82) is 0 Å². The summed E-state index contributed by atoms with van der Waals surface area (Å²) in [4.78, 5) is 64.9. The zero-order valence-corrected chi connectivity index (χ0v) is 35.9. The van der Waals surface area contributed by atoms with E-state index in [1.54, 1.807) is 25.1 Å². The predicted molar refractivity (Wildman–Crippen MR) is 220 cm³/mol. The minimum Gasteiger partial charge on any atom is -0.483 e. The van der Waals surface area contributed by atoms with E-state index in [9.17, 15) is 40.8 Å². The van der Waals surface area contributed by atoms with Crippen molar-refractivity contribution >= 4 is 44.5 Å². The molecule has 2 saturated heterocycles. The second-order valence-corrected chi connectivity index (χ2v) is 21.0. The summed E-state index contributed by atoms with van der Waals surface area (Å²) in [6.07, 6.45) is 6.02. The van der Waals surface area contributed by atoms with Gasteiger partial charge in [-0.3, -0.25) is 28.8 Å². The molecule has 2 aromatic rings. The zero-order valence-electron chi connectivity index (χ0n) is 35.1. The molecule has 4 aliphatic heterocycles. The molecule has 0 bridgehead atoms. The normalized spacial score (nSPS) is 30.0. The zero-order chi connectivity index (χ0) is 43.4. The number of rotatable bonds is 8. The second-order valence-electron chi connectivity index (χ2n) is 18.8. The van der Waals surface area contributed by atoms with Crippen LogP contribution in [0.25, 0.3) is 10.9 Å². The van der Waals surface area contributed by atoms with Crippen molar-refractivity contribution in [3.8, 4) is 5.75 Å². The molecule has 2 aliphatic carbocycles. The third kappa shape index (κ3) is 8.94. The number of carbonyl (C=O) groups is 4. The van der Waals surface area contributed by atoms with Gasteiger partial charge in [0.1, 0.15) is 12.2 Å². The molecule has 12 nitrogen and oxygen atoms in total. The first kappa shape index (κ1) is 43.6. The maximum Gasteiger partial charge on any atom is 0.437 e. The topological polar surface area (TPSA) is 152 Å². The Bertz CT molecular complexity index is 2220. The van der Waals surface area contributed by atoms with Crippen molar-refractivity contribution < 1.29 is 50.2 Å². The SMILES string of the molecule is Cc1ccc2nc(C(F)(F)F)c3c(c2c1)CC[C@]1(C[C@H]2C(=O)C[C@]4(C(=O)NS(=O)(=O)C5(C)CC5)C[C@H]4/C=C\CCCCC[C@H](CC(=O)OCCN4CCCCC4)C(=O)N2C1)O3. The minimum absolute atomic E-state index is 0.151. The number of esters is 1. The van der Waals surface area contributed by atoms with E-state index in [-0.39, 0.29) is 57.2 Å². The van der Waals surface area contributed by atoms with E-state index >= 15 is 0 Å². The highest BCUT2D eigenvalue weighted by Gasteiger charge is 2.63. The summed E-state index contributed by atoms with van der Waals surface area (Å²) in [7, 11) is -4.04. The second kappa shape index (κ2) is 16.6. The number of hydrogen-bond donors (Lipinski definition) is 1. The van der Waals surface area contributed by atoms with Gasteiger partial charge in [0, 0.05) is 36.3 Å². The molecule has 5 heterocycles. The van der Waals surface area contributed by atoms with Crippen LogP contribution in [-0.2, 0) is 46.5 Å². The number of pyridine rings is 1. The van der Waals surface area contributed by atoms with E-state index in [1.165, 1.54) is 11.3 Å². The lowest BCUT2D eigenvalue weighted by molar-refractivity contribution is -0.151. The molecule has 0 unspecified atom stereocenters. The largest absolute Gasteiger partial charge is 0.483 e. The molecule has 16 heteroatoms. The maximum atomic E-state index is 14.9. The summed E-state index contributed by atoms with van der Waals surface area (Å²) in [5.74, 6) is -4.04. The number of Topliss-reactive ketones (excluding diaryl/α,β-unsaturated/α-hetero) is 1. The van der Waals surface area contributed by atoms with Gasteiger partial charge >= 0.3 is 12.1 Å². The molecule has 2 amide bonds. The summed E-state index contributed by atoms with van der Waals surface area (Å²) < 4.78 is 84.3. The van der Waals surface area contributed by atoms with Crippen molar-refractivity contribution in [3.05, 3.63) is 47.2 Å². The first-order valence-corrected chi connectivity index (χ1v) is 23.6. The number of likely N-dealkylation sites (tertiary alicyclic amines) is 1. The number of ketones is 1. The number of nitrogens with one attached hydrogen (secondary N) is 1. The van der Waals surface area contributed by atoms with E-state index in [0.29, 0.717) is 49.6 Å². The molecule has 1 aromatic heterocycles. The number of alkyl halides is 3. The maximum absolute atomic E-state index is 14.9. The van der Waals surface area contributed by atoms with Gasteiger partial charge in [-0.1, -0.05) is 43.0 Å². The van der Waals surface area contributed by atoms with Crippen LogP contribution in [0.2, 0.25) is 0 Å². The third-order valence-electron chi connectivity index (χ3n) is 14.3. The van der Waals surface area contributed by atoms with E-state index in [1.807, 2.05) is 19.1 Å². The Kier molecular flexibility index (Phi) is 11.8. The average molecular weight is 871 g/mol. The van der Waals surface area contributed by atoms with Crippen LogP contribution in [-0.4, -0.2) is 95.9 Å². The number of hydrogen-bond acceptors (Lipinski definition) is 10. The number of nitrogens with zero attached hydrogens (tertiary/aromatic N) is 3. The van der Waals surface area contributed by atoms with Gasteiger partial charge < -0.3 is 14.4 Å². The highest BCUT2D eigenvalue weighted by Crippen LogP contribution is 2.58. The molecular formula is C45H57F3N4O8S. The predicted octanol–water partition coefficient (Wildman–Crippen LogP) is 6.75. The smallest absolute Gasteiger partial charge is 0.437 e. The number of allylic oxidation sites excluding steroid dienone is 2. The number of aromatic nitrogens is 1. The number of fused-ring (bicyclic) bond motifs is 5. The van der Waals surface area contributed by atoms with Crippen molar-refractivity contribution in [2.24, 2.45) is 17.3 Å². The van der Waals surface area contributed by atoms with E-state index in [2.05, 4.69) is 14.6 Å². The summed E-state index contributed by atoms with van der Waals surface area (Å²) in [5, 5.41) is 0.535. The third-order valence-corrected chi connectivity index (χ3v) is 16.4. The van der Waals surface area contributed by atoms with Gasteiger partial charge in [-0.2, -0.15) is 13.2 Å². The standard InChI is InChI=1S/C45H57F3N4O8S/c1-29-13-14-34-33(23-29)32-15-16-43(60-38(32)39(49-34)45(46,47)48)26-35-36(53)27-44(41(56)50-61(57,58)42(2)17-18-42)25-31(44)12-8-5-3-4-7-11-30(40(55)52(35)28-43)24-37(54)59-22-21-51-19-9-6-10-20-51/h8,12-14,23,30-31,35H,3-7,9-11,15-22,24-28H2,1-2H3,(H,50,56)/b12-8-/t30-,31-,35+,43-,44-/m1/s1. The van der Waals surface area contributed by atoms with Crippen LogP contribution in [0.5, 0.6) is 5.75 Å². The Morgan fingerprint density at radius 3 is 2.52 bits per heavy atom. The first-order chi connectivity index (χ1) is 28.9. The molecule has 4 fully saturated rings. The van der Waals surface area contributed by atoms with Crippen LogP contribution in [0.4, 0.5) is 13.2 Å². The quantitative estimate of drug-likeness (QED) is 0.223. The van der Waals surface area contributed by atoms with Gasteiger partial charge in [0.05, 0.1) is 34.7 Å². The number of piperidine rings is 1. The number of carbonyl (C=O) groups excluding carboxylic acids is 4. The van der Waals surface area contributed by atoms with Crippen molar-refractivity contribution in [1.82, 2.24) is 19.5 Å². The summed E-state index contributed by atoms with van der Waals surface area (Å²) in [6.45, 7) is 5.81. The fraction of sp³-hybridized carbons (Fsp3) is 0.667. The van der Waals surface area contributed by atoms with Crippen molar-refractivity contribution in [2.75, 3.05) is 32.8 Å². The number of amides is 2. The van der Waals surface area contributed by atoms with Crippen LogP contribution in [0.15, 0.2) is 30.4 Å². The Hall–Kier alpha value is -4.05. The minimum atomic E-state index is -4.87. The molecule has 0 radical (unpaired) electrons. The summed E-state index contributed by atoms with van der Waals surface area (Å²) in [6, 6.07) is 3.81. The lowest BCUT2D eigenvalue weighted by atomic mass is 9.85. The van der Waals surface area contributed by atoms with Crippen LogP contribution in [0.3, 0.4) is 0 Å². The van der Waals surface area contributed by atoms with Crippen LogP contribution in [0, 0.1) is 24.2 Å². The molecule has 5 atom stereocenters. The lowest BCUT2D eigenvalue weighted by Gasteiger charge is -2.37. The van der Waals surface area contributed by atoms with Gasteiger partial charge in [0.2, 0.25) is 21.8 Å². The fourth-order valence-electron chi connectivity index (χ4n) is 10.0. The highest BCUT2D eigenvalue weighted by molar-refractivity contribution is 7.91. The van der Waals surface area contributed by atoms with Crippen LogP contribution < -0.4 is 9.46 Å². The lowest BCUT2D eigenvalue weighted by Crippen LogP contribution is -2.48. The number of benzene rings is 1. The number of halogens is 3. The van der Waals surface area contributed by atoms with Gasteiger partial charge in [-0.05, 0) is 109 Å². The van der Waals surface area contributed by atoms with Gasteiger partial charge in [-0.15, -0.1) is 0 Å². The summed E-state index contributed by atoms with van der Waals surface area (Å²) in [5.41, 5.74) is -2.62.